The van der Waals surface area contributed by atoms with E-state index in [4.69, 9.17) is 4.74 Å². The number of carbonyl (C=O) groups is 2. The Bertz CT molecular complexity index is 583. The molecule has 1 aliphatic heterocycles. The molecule has 0 aromatic heterocycles. The first-order valence-corrected chi connectivity index (χ1v) is 7.07. The number of carbonyl (C=O) groups excluding carboxylic acids is 2. The Balaban J connectivity index is 2.35. The van der Waals surface area contributed by atoms with Crippen LogP contribution in [0.3, 0.4) is 0 Å². The summed E-state index contributed by atoms with van der Waals surface area (Å²) in [7, 11) is 1.35. The van der Waals surface area contributed by atoms with Crippen molar-refractivity contribution in [1.29, 1.82) is 0 Å². The zero-order chi connectivity index (χ0) is 15.8. The number of ether oxygens (including phenoxy) is 1. The van der Waals surface area contributed by atoms with E-state index in [0.29, 0.717) is 5.56 Å². The minimum absolute atomic E-state index is 0.0228. The maximum absolute atomic E-state index is 12.2. The number of methoxy groups -OCH3 is 1. The SMILES string of the molecule is COC(=O)c1ccc(C)c(C2NC(=O)C(C)(C(C)C)N2)c1. The normalized spacial score (nSPS) is 25.0. The average Bonchev–Trinajstić information content (AvgIpc) is 2.75. The Labute approximate surface area is 125 Å². The first-order chi connectivity index (χ1) is 9.79. The van der Waals surface area contributed by atoms with Gasteiger partial charge in [0.1, 0.15) is 6.17 Å². The molecule has 21 heavy (non-hydrogen) atoms. The highest BCUT2D eigenvalue weighted by Gasteiger charge is 2.45. The number of hydrogen-bond acceptors (Lipinski definition) is 4. The van der Waals surface area contributed by atoms with Crippen LogP contribution in [0.4, 0.5) is 0 Å². The lowest BCUT2D eigenvalue weighted by Crippen LogP contribution is -2.48. The fraction of sp³-hybridized carbons (Fsp3) is 0.500. The van der Waals surface area contributed by atoms with Gasteiger partial charge in [-0.3, -0.25) is 10.1 Å². The van der Waals surface area contributed by atoms with Crippen LogP contribution < -0.4 is 10.6 Å². The number of benzene rings is 1. The van der Waals surface area contributed by atoms with Crippen molar-refractivity contribution < 1.29 is 14.3 Å². The Kier molecular flexibility index (Phi) is 4.05. The zero-order valence-corrected chi connectivity index (χ0v) is 13.1. The van der Waals surface area contributed by atoms with Crippen molar-refractivity contribution in [3.8, 4) is 0 Å². The van der Waals surface area contributed by atoms with E-state index in [1.807, 2.05) is 33.8 Å². The van der Waals surface area contributed by atoms with E-state index in [0.717, 1.165) is 11.1 Å². The monoisotopic (exact) mass is 290 g/mol. The van der Waals surface area contributed by atoms with E-state index in [1.165, 1.54) is 7.11 Å². The second-order valence-electron chi connectivity index (χ2n) is 5.97. The highest BCUT2D eigenvalue weighted by atomic mass is 16.5. The van der Waals surface area contributed by atoms with Crippen LogP contribution in [0.5, 0.6) is 0 Å². The topological polar surface area (TPSA) is 67.4 Å². The number of amides is 1. The van der Waals surface area contributed by atoms with Gasteiger partial charge in [-0.1, -0.05) is 19.9 Å². The van der Waals surface area contributed by atoms with Crippen LogP contribution in [0, 0.1) is 12.8 Å². The fourth-order valence-electron chi connectivity index (χ4n) is 2.46. The van der Waals surface area contributed by atoms with Crippen molar-refractivity contribution in [2.75, 3.05) is 7.11 Å². The van der Waals surface area contributed by atoms with Crippen LogP contribution in [0.2, 0.25) is 0 Å². The zero-order valence-electron chi connectivity index (χ0n) is 13.1. The predicted octanol–water partition coefficient (Wildman–Crippen LogP) is 1.91. The van der Waals surface area contributed by atoms with E-state index >= 15 is 0 Å². The molecule has 0 radical (unpaired) electrons. The molecule has 1 amide bonds. The van der Waals surface area contributed by atoms with Crippen molar-refractivity contribution in [2.45, 2.75) is 39.4 Å². The van der Waals surface area contributed by atoms with Gasteiger partial charge in [-0.05, 0) is 43.0 Å². The Morgan fingerprint density at radius 3 is 2.57 bits per heavy atom. The summed E-state index contributed by atoms with van der Waals surface area (Å²) in [5.41, 5.74) is 1.76. The standard InChI is InChI=1S/C16H22N2O3/c1-9(2)16(4)15(20)17-13(18-16)12-8-11(14(19)21-5)7-6-10(12)3/h6-9,13,18H,1-5H3,(H,17,20). The first kappa shape index (κ1) is 15.5. The number of hydrogen-bond donors (Lipinski definition) is 2. The Morgan fingerprint density at radius 1 is 1.38 bits per heavy atom. The third-order valence-corrected chi connectivity index (χ3v) is 4.36. The molecule has 2 unspecified atom stereocenters. The summed E-state index contributed by atoms with van der Waals surface area (Å²) in [5, 5.41) is 6.31. The van der Waals surface area contributed by atoms with Crippen molar-refractivity contribution >= 4 is 11.9 Å². The van der Waals surface area contributed by atoms with Gasteiger partial charge in [0.2, 0.25) is 5.91 Å². The lowest BCUT2D eigenvalue weighted by Gasteiger charge is -2.26. The second kappa shape index (κ2) is 5.48. The molecule has 0 saturated carbocycles. The van der Waals surface area contributed by atoms with E-state index < -0.39 is 5.54 Å². The molecular formula is C16H22N2O3. The molecule has 0 bridgehead atoms. The molecule has 1 fully saturated rings. The van der Waals surface area contributed by atoms with Gasteiger partial charge >= 0.3 is 5.97 Å². The highest BCUT2D eigenvalue weighted by Crippen LogP contribution is 2.29. The van der Waals surface area contributed by atoms with Gasteiger partial charge in [-0.2, -0.15) is 0 Å². The first-order valence-electron chi connectivity index (χ1n) is 7.07. The summed E-state index contributed by atoms with van der Waals surface area (Å²) in [6.07, 6.45) is -0.297. The van der Waals surface area contributed by atoms with Crippen molar-refractivity contribution in [3.63, 3.8) is 0 Å². The van der Waals surface area contributed by atoms with Gasteiger partial charge in [-0.15, -0.1) is 0 Å². The molecule has 1 aliphatic rings. The molecule has 1 aromatic carbocycles. The molecule has 5 heteroatoms. The van der Waals surface area contributed by atoms with Gasteiger partial charge in [0, 0.05) is 0 Å². The van der Waals surface area contributed by atoms with E-state index in [2.05, 4.69) is 10.6 Å². The number of aryl methyl sites for hydroxylation is 1. The molecule has 0 spiro atoms. The minimum Gasteiger partial charge on any atom is -0.465 e. The molecule has 1 heterocycles. The molecule has 0 aliphatic carbocycles. The summed E-state index contributed by atoms with van der Waals surface area (Å²) < 4.78 is 4.75. The van der Waals surface area contributed by atoms with E-state index in [-0.39, 0.29) is 24.0 Å². The molecule has 1 aromatic rings. The van der Waals surface area contributed by atoms with Crippen molar-refractivity contribution in [3.05, 3.63) is 34.9 Å². The third-order valence-electron chi connectivity index (χ3n) is 4.36. The number of rotatable bonds is 3. The van der Waals surface area contributed by atoms with Gasteiger partial charge in [0.25, 0.3) is 0 Å². The van der Waals surface area contributed by atoms with Gasteiger partial charge < -0.3 is 10.1 Å². The van der Waals surface area contributed by atoms with Crippen LogP contribution in [0.15, 0.2) is 18.2 Å². The number of esters is 1. The largest absolute Gasteiger partial charge is 0.465 e. The van der Waals surface area contributed by atoms with Crippen LogP contribution in [0.1, 0.15) is 48.4 Å². The van der Waals surface area contributed by atoms with E-state index in [1.54, 1.807) is 12.1 Å². The quantitative estimate of drug-likeness (QED) is 0.835. The summed E-state index contributed by atoms with van der Waals surface area (Å²) in [6.45, 7) is 7.86. The average molecular weight is 290 g/mol. The molecule has 2 N–H and O–H groups in total. The molecule has 1 saturated heterocycles. The summed E-state index contributed by atoms with van der Waals surface area (Å²) in [5.74, 6) is -0.246. The minimum atomic E-state index is -0.613. The smallest absolute Gasteiger partial charge is 0.337 e. The lowest BCUT2D eigenvalue weighted by atomic mass is 9.89. The van der Waals surface area contributed by atoms with Gasteiger partial charge in [0.05, 0.1) is 18.2 Å². The summed E-state index contributed by atoms with van der Waals surface area (Å²) in [4.78, 5) is 23.9. The molecule has 2 atom stereocenters. The highest BCUT2D eigenvalue weighted by molar-refractivity contribution is 5.90. The number of nitrogens with one attached hydrogen (secondary N) is 2. The van der Waals surface area contributed by atoms with E-state index in [9.17, 15) is 9.59 Å². The maximum atomic E-state index is 12.2. The summed E-state index contributed by atoms with van der Waals surface area (Å²) in [6, 6.07) is 5.36. The Hall–Kier alpha value is -1.88. The fourth-order valence-corrected chi connectivity index (χ4v) is 2.46. The van der Waals surface area contributed by atoms with Gasteiger partial charge in [0.15, 0.2) is 0 Å². The van der Waals surface area contributed by atoms with Crippen LogP contribution in [0.25, 0.3) is 0 Å². The second-order valence-corrected chi connectivity index (χ2v) is 5.97. The lowest BCUT2D eigenvalue weighted by molar-refractivity contribution is -0.125. The van der Waals surface area contributed by atoms with Crippen LogP contribution in [-0.4, -0.2) is 24.5 Å². The molecular weight excluding hydrogens is 268 g/mol. The summed E-state index contributed by atoms with van der Waals surface area (Å²) >= 11 is 0. The third kappa shape index (κ3) is 2.65. The predicted molar refractivity (Wildman–Crippen MR) is 79.8 cm³/mol. The van der Waals surface area contributed by atoms with Crippen LogP contribution >= 0.6 is 0 Å². The van der Waals surface area contributed by atoms with Crippen LogP contribution in [-0.2, 0) is 9.53 Å². The molecule has 5 nitrogen and oxygen atoms in total. The van der Waals surface area contributed by atoms with Crippen molar-refractivity contribution in [1.82, 2.24) is 10.6 Å². The van der Waals surface area contributed by atoms with Crippen molar-refractivity contribution in [2.24, 2.45) is 5.92 Å². The maximum Gasteiger partial charge on any atom is 0.337 e. The molecule has 2 rings (SSSR count). The molecule has 114 valence electrons. The Morgan fingerprint density at radius 2 is 2.05 bits per heavy atom. The van der Waals surface area contributed by atoms with Gasteiger partial charge in [-0.25, -0.2) is 4.79 Å².